The third-order valence-electron chi connectivity index (χ3n) is 7.11. The molecule has 0 aliphatic carbocycles. The quantitative estimate of drug-likeness (QED) is 0.165. The van der Waals surface area contributed by atoms with Gasteiger partial charge in [0.2, 0.25) is 0 Å². The summed E-state index contributed by atoms with van der Waals surface area (Å²) in [6, 6.07) is 9.38. The van der Waals surface area contributed by atoms with E-state index in [1.165, 1.54) is 0 Å². The van der Waals surface area contributed by atoms with E-state index < -0.39 is 27.3 Å². The Morgan fingerprint density at radius 2 is 1.77 bits per heavy atom. The van der Waals surface area contributed by atoms with E-state index >= 15 is 0 Å². The summed E-state index contributed by atoms with van der Waals surface area (Å²) >= 11 is 0. The van der Waals surface area contributed by atoms with Crippen molar-refractivity contribution in [1.82, 2.24) is 0 Å². The van der Waals surface area contributed by atoms with Gasteiger partial charge in [0.25, 0.3) is 10.1 Å². The van der Waals surface area contributed by atoms with Crippen LogP contribution in [0.25, 0.3) is 27.7 Å². The zero-order chi connectivity index (χ0) is 28.4. The second-order valence-electron chi connectivity index (χ2n) is 10.6. The Hall–Kier alpha value is -3.50. The average molecular weight is 555 g/mol. The van der Waals surface area contributed by atoms with Gasteiger partial charge >= 0.3 is 5.63 Å². The van der Waals surface area contributed by atoms with E-state index in [2.05, 4.69) is 11.0 Å². The zero-order valence-corrected chi connectivity index (χ0v) is 23.3. The van der Waals surface area contributed by atoms with Crippen molar-refractivity contribution < 1.29 is 31.9 Å². The van der Waals surface area contributed by atoms with Crippen LogP contribution in [0.2, 0.25) is 0 Å². The number of aromatic nitrogens is 1. The minimum Gasteiger partial charge on any atom is -0.550 e. The van der Waals surface area contributed by atoms with Gasteiger partial charge in [0, 0.05) is 59.3 Å². The molecule has 0 saturated heterocycles. The van der Waals surface area contributed by atoms with Crippen molar-refractivity contribution in [2.75, 3.05) is 17.2 Å². The number of aryl methyl sites for hydroxylation is 1. The molecule has 0 unspecified atom stereocenters. The molecule has 9 nitrogen and oxygen atoms in total. The number of hydrogen-bond donors (Lipinski definition) is 1. The molecule has 4 rings (SSSR count). The second-order valence-corrected chi connectivity index (χ2v) is 12.2. The van der Waals surface area contributed by atoms with Crippen molar-refractivity contribution in [2.24, 2.45) is 0 Å². The van der Waals surface area contributed by atoms with Crippen LogP contribution in [0.4, 0.5) is 5.69 Å². The molecule has 1 aliphatic rings. The van der Waals surface area contributed by atoms with Crippen LogP contribution in [0.15, 0.2) is 58.0 Å². The molecular weight excluding hydrogens is 520 g/mol. The molecule has 0 radical (unpaired) electrons. The number of hydrogen-bond acceptors (Lipinski definition) is 7. The minimum absolute atomic E-state index is 0.0731. The largest absolute Gasteiger partial charge is 0.550 e. The van der Waals surface area contributed by atoms with Gasteiger partial charge in [-0.15, -0.1) is 0 Å². The predicted octanol–water partition coefficient (Wildman–Crippen LogP) is 3.34. The Morgan fingerprint density at radius 1 is 1.08 bits per heavy atom. The Morgan fingerprint density at radius 3 is 2.44 bits per heavy atom. The lowest BCUT2D eigenvalue weighted by Crippen LogP contribution is -2.46. The highest BCUT2D eigenvalue weighted by molar-refractivity contribution is 7.85. The lowest BCUT2D eigenvalue weighted by molar-refractivity contribution is -0.697. The first-order chi connectivity index (χ1) is 18.3. The molecule has 2 aromatic heterocycles. The maximum absolute atomic E-state index is 13.0. The molecule has 3 heterocycles. The van der Waals surface area contributed by atoms with Gasteiger partial charge in [0.1, 0.15) is 12.1 Å². The minimum atomic E-state index is -4.06. The first kappa shape index (κ1) is 28.5. The number of benzene rings is 1. The normalized spacial score (nSPS) is 14.8. The highest BCUT2D eigenvalue weighted by Crippen LogP contribution is 2.41. The SMILES string of the molecule is CC1=CC(C)(C)N(CCCS(=O)(=O)O)c2cc3oc(=O)c(-c4cc[n+](CCCCCC(=O)[O-])cc4)cc3cc21. The number of rotatable bonds is 11. The molecule has 1 N–H and O–H groups in total. The fourth-order valence-electron chi connectivity index (χ4n) is 5.23. The second kappa shape index (κ2) is 11.3. The fourth-order valence-corrected chi connectivity index (χ4v) is 5.73. The lowest BCUT2D eigenvalue weighted by atomic mass is 9.88. The molecular formula is C29H34N2O7S. The first-order valence-electron chi connectivity index (χ1n) is 13.1. The molecule has 208 valence electrons. The van der Waals surface area contributed by atoms with E-state index in [0.29, 0.717) is 24.1 Å². The number of pyridine rings is 1. The summed E-state index contributed by atoms with van der Waals surface area (Å²) in [6.45, 7) is 7.24. The molecule has 1 aromatic carbocycles. The number of carbonyl (C=O) groups is 1. The molecule has 10 heteroatoms. The van der Waals surface area contributed by atoms with E-state index in [4.69, 9.17) is 8.97 Å². The molecule has 0 fully saturated rings. The van der Waals surface area contributed by atoms with Crippen LogP contribution in [0.1, 0.15) is 58.4 Å². The smallest absolute Gasteiger partial charge is 0.344 e. The van der Waals surface area contributed by atoms with Gasteiger partial charge in [-0.3, -0.25) is 4.55 Å². The van der Waals surface area contributed by atoms with Crippen molar-refractivity contribution in [3.05, 3.63) is 64.8 Å². The molecule has 0 amide bonds. The zero-order valence-electron chi connectivity index (χ0n) is 22.5. The van der Waals surface area contributed by atoms with Crippen molar-refractivity contribution in [3.8, 4) is 11.1 Å². The molecule has 3 aromatic rings. The van der Waals surface area contributed by atoms with Crippen molar-refractivity contribution in [1.29, 1.82) is 0 Å². The molecule has 1 aliphatic heterocycles. The van der Waals surface area contributed by atoms with Crippen molar-refractivity contribution >= 4 is 38.3 Å². The molecule has 0 bridgehead atoms. The highest BCUT2D eigenvalue weighted by Gasteiger charge is 2.32. The maximum Gasteiger partial charge on any atom is 0.344 e. The summed E-state index contributed by atoms with van der Waals surface area (Å²) < 4.78 is 39.4. The highest BCUT2D eigenvalue weighted by atomic mass is 32.2. The molecule has 0 saturated carbocycles. The third-order valence-corrected chi connectivity index (χ3v) is 7.92. The number of aliphatic carboxylic acids is 1. The lowest BCUT2D eigenvalue weighted by Gasteiger charge is -2.43. The summed E-state index contributed by atoms with van der Waals surface area (Å²) in [6.07, 6.45) is 8.48. The standard InChI is InChI=1S/C29H34N2O7S/c1-20-19-29(2,3)31(12-7-15-39(35,36)37)25-18-26-22(16-23(20)25)17-24(28(34)38-26)21-9-13-30(14-10-21)11-6-4-5-8-27(32)33/h9-10,13-14,16-19H,4-8,11-12,15H2,1-3H3,(H-,32,33,35,36,37). The number of nitrogens with zero attached hydrogens (tertiary/aromatic N) is 2. The van der Waals surface area contributed by atoms with Crippen LogP contribution in [-0.4, -0.2) is 36.8 Å². The Kier molecular flexibility index (Phi) is 8.27. The maximum atomic E-state index is 13.0. The Balaban J connectivity index is 1.60. The third kappa shape index (κ3) is 6.93. The topological polar surface area (TPSA) is 132 Å². The number of carboxylic acids is 1. The summed E-state index contributed by atoms with van der Waals surface area (Å²) in [7, 11) is -4.06. The van der Waals surface area contributed by atoms with Crippen molar-refractivity contribution in [2.45, 2.75) is 65.0 Å². The van der Waals surface area contributed by atoms with Crippen LogP contribution in [-0.2, 0) is 21.5 Å². The average Bonchev–Trinajstić information content (AvgIpc) is 2.84. The van der Waals surface area contributed by atoms with Crippen LogP contribution in [0.3, 0.4) is 0 Å². The van der Waals surface area contributed by atoms with Crippen LogP contribution >= 0.6 is 0 Å². The number of fused-ring (bicyclic) bond motifs is 2. The summed E-state index contributed by atoms with van der Waals surface area (Å²) in [4.78, 5) is 25.6. The number of carboxylic acid groups (broad SMARTS) is 1. The number of allylic oxidation sites excluding steroid dienone is 1. The van der Waals surface area contributed by atoms with E-state index in [9.17, 15) is 23.1 Å². The summed E-state index contributed by atoms with van der Waals surface area (Å²) in [5, 5.41) is 11.3. The number of anilines is 1. The van der Waals surface area contributed by atoms with Crippen molar-refractivity contribution in [3.63, 3.8) is 0 Å². The van der Waals surface area contributed by atoms with Gasteiger partial charge in [-0.2, -0.15) is 8.42 Å². The first-order valence-corrected chi connectivity index (χ1v) is 14.7. The summed E-state index contributed by atoms with van der Waals surface area (Å²) in [5.41, 5.74) is 3.64. The molecule has 0 spiro atoms. The summed E-state index contributed by atoms with van der Waals surface area (Å²) in [5.74, 6) is -1.35. The van der Waals surface area contributed by atoms with E-state index in [1.54, 1.807) is 0 Å². The monoisotopic (exact) mass is 554 g/mol. The van der Waals surface area contributed by atoms with Gasteiger partial charge in [-0.05, 0) is 64.2 Å². The van der Waals surface area contributed by atoms with E-state index in [1.807, 2.05) is 68.1 Å². The van der Waals surface area contributed by atoms with Crippen LogP contribution in [0.5, 0.6) is 0 Å². The van der Waals surface area contributed by atoms with Gasteiger partial charge < -0.3 is 19.2 Å². The number of unbranched alkanes of at least 4 members (excludes halogenated alkanes) is 2. The Labute approximate surface area is 228 Å². The Bertz CT molecular complexity index is 1570. The van der Waals surface area contributed by atoms with Gasteiger partial charge in [-0.1, -0.05) is 6.08 Å². The van der Waals surface area contributed by atoms with E-state index in [-0.39, 0.29) is 18.6 Å². The van der Waals surface area contributed by atoms with E-state index in [0.717, 1.165) is 47.2 Å². The van der Waals surface area contributed by atoms with Crippen LogP contribution in [0, 0.1) is 0 Å². The number of carbonyl (C=O) groups excluding carboxylic acids is 1. The fraction of sp³-hybridized carbons (Fsp3) is 0.414. The van der Waals surface area contributed by atoms with Gasteiger partial charge in [0.05, 0.1) is 16.9 Å². The molecule has 39 heavy (non-hydrogen) atoms. The predicted molar refractivity (Wildman–Crippen MR) is 148 cm³/mol. The van der Waals surface area contributed by atoms with Crippen LogP contribution < -0.4 is 20.2 Å². The van der Waals surface area contributed by atoms with Gasteiger partial charge in [-0.25, -0.2) is 9.36 Å². The molecule has 0 atom stereocenters. The van der Waals surface area contributed by atoms with Gasteiger partial charge in [0.15, 0.2) is 12.4 Å².